The van der Waals surface area contributed by atoms with Gasteiger partial charge in [0.25, 0.3) is 0 Å². The fourth-order valence-electron chi connectivity index (χ4n) is 1.02. The van der Waals surface area contributed by atoms with E-state index in [1.54, 1.807) is 19.1 Å². The number of halogens is 1. The summed E-state index contributed by atoms with van der Waals surface area (Å²) in [5.41, 5.74) is 1.35. The van der Waals surface area contributed by atoms with E-state index in [4.69, 9.17) is 0 Å². The second-order valence-electron chi connectivity index (χ2n) is 3.02. The monoisotopic (exact) mass is 196 g/mol. The summed E-state index contributed by atoms with van der Waals surface area (Å²) in [6, 6.07) is 4.63. The van der Waals surface area contributed by atoms with Crippen LogP contribution in [0.4, 0.5) is 9.18 Å². The third-order valence-electron chi connectivity index (χ3n) is 1.92. The first-order valence-electron chi connectivity index (χ1n) is 4.34. The molecule has 0 saturated carbocycles. The van der Waals surface area contributed by atoms with Crippen LogP contribution in [0.1, 0.15) is 11.1 Å². The molecule has 76 valence electrons. The Kier molecular flexibility index (Phi) is 3.45. The fraction of sp³-hybridized carbons (Fsp3) is 0.300. The third-order valence-corrected chi connectivity index (χ3v) is 1.92. The van der Waals surface area contributed by atoms with Gasteiger partial charge in [0.1, 0.15) is 5.82 Å². The van der Waals surface area contributed by atoms with Crippen molar-refractivity contribution in [1.82, 2.24) is 10.6 Å². The van der Waals surface area contributed by atoms with Crippen LogP contribution >= 0.6 is 0 Å². The van der Waals surface area contributed by atoms with Gasteiger partial charge >= 0.3 is 6.03 Å². The summed E-state index contributed by atoms with van der Waals surface area (Å²) in [6.45, 7) is 2.03. The van der Waals surface area contributed by atoms with Gasteiger partial charge in [0.15, 0.2) is 0 Å². The molecule has 0 aromatic heterocycles. The van der Waals surface area contributed by atoms with Crippen molar-refractivity contribution >= 4 is 6.03 Å². The zero-order valence-electron chi connectivity index (χ0n) is 8.23. The van der Waals surface area contributed by atoms with Crippen LogP contribution < -0.4 is 10.6 Å². The van der Waals surface area contributed by atoms with Gasteiger partial charge in [-0.3, -0.25) is 0 Å². The summed E-state index contributed by atoms with van der Waals surface area (Å²) < 4.78 is 13.1. The Hall–Kier alpha value is -1.58. The number of amides is 2. The van der Waals surface area contributed by atoms with Gasteiger partial charge < -0.3 is 10.6 Å². The number of hydrogen-bond acceptors (Lipinski definition) is 1. The van der Waals surface area contributed by atoms with E-state index in [0.29, 0.717) is 12.1 Å². The van der Waals surface area contributed by atoms with Gasteiger partial charge in [0.05, 0.1) is 0 Å². The van der Waals surface area contributed by atoms with Gasteiger partial charge in [-0.15, -0.1) is 0 Å². The number of carbonyl (C=O) groups is 1. The summed E-state index contributed by atoms with van der Waals surface area (Å²) in [5.74, 6) is -0.249. The van der Waals surface area contributed by atoms with Crippen LogP contribution in [0, 0.1) is 12.7 Å². The molecular formula is C10H13FN2O. The Balaban J connectivity index is 2.60. The van der Waals surface area contributed by atoms with Crippen LogP contribution in [0.15, 0.2) is 18.2 Å². The lowest BCUT2D eigenvalue weighted by molar-refractivity contribution is 0.242. The van der Waals surface area contributed by atoms with Crippen molar-refractivity contribution in [1.29, 1.82) is 0 Å². The van der Waals surface area contributed by atoms with Gasteiger partial charge in [-0.2, -0.15) is 0 Å². The first-order chi connectivity index (χ1) is 6.63. The highest BCUT2D eigenvalue weighted by Gasteiger charge is 2.00. The molecule has 4 heteroatoms. The summed E-state index contributed by atoms with van der Waals surface area (Å²) in [5, 5.41) is 5.00. The molecule has 0 heterocycles. The zero-order chi connectivity index (χ0) is 10.6. The molecule has 0 fully saturated rings. The van der Waals surface area contributed by atoms with E-state index in [-0.39, 0.29) is 11.8 Å². The molecule has 2 N–H and O–H groups in total. The van der Waals surface area contributed by atoms with Crippen molar-refractivity contribution in [2.75, 3.05) is 7.05 Å². The number of rotatable bonds is 2. The van der Waals surface area contributed by atoms with Crippen molar-refractivity contribution < 1.29 is 9.18 Å². The highest BCUT2D eigenvalue weighted by atomic mass is 19.1. The number of nitrogens with one attached hydrogen (secondary N) is 2. The largest absolute Gasteiger partial charge is 0.341 e. The maximum atomic E-state index is 13.1. The molecule has 14 heavy (non-hydrogen) atoms. The molecular weight excluding hydrogens is 183 g/mol. The average Bonchev–Trinajstić information content (AvgIpc) is 2.19. The number of carbonyl (C=O) groups excluding carboxylic acids is 1. The van der Waals surface area contributed by atoms with Gasteiger partial charge in [-0.25, -0.2) is 9.18 Å². The SMILES string of the molecule is CNC(=O)NCc1ccc(C)c(F)c1. The molecule has 2 amide bonds. The van der Waals surface area contributed by atoms with E-state index in [0.717, 1.165) is 5.56 Å². The topological polar surface area (TPSA) is 41.1 Å². The highest BCUT2D eigenvalue weighted by Crippen LogP contribution is 2.08. The second kappa shape index (κ2) is 4.60. The van der Waals surface area contributed by atoms with Crippen molar-refractivity contribution in [3.8, 4) is 0 Å². The first-order valence-corrected chi connectivity index (χ1v) is 4.34. The van der Waals surface area contributed by atoms with E-state index in [1.165, 1.54) is 13.1 Å². The lowest BCUT2D eigenvalue weighted by Gasteiger charge is -2.05. The van der Waals surface area contributed by atoms with E-state index < -0.39 is 0 Å². The van der Waals surface area contributed by atoms with Crippen LogP contribution in [0.2, 0.25) is 0 Å². The Morgan fingerprint density at radius 3 is 2.79 bits per heavy atom. The van der Waals surface area contributed by atoms with Crippen LogP contribution in [-0.4, -0.2) is 13.1 Å². The minimum atomic E-state index is -0.272. The minimum absolute atomic E-state index is 0.249. The van der Waals surface area contributed by atoms with Gasteiger partial charge in [0, 0.05) is 13.6 Å². The zero-order valence-corrected chi connectivity index (χ0v) is 8.23. The smallest absolute Gasteiger partial charge is 0.314 e. The highest BCUT2D eigenvalue weighted by molar-refractivity contribution is 5.73. The van der Waals surface area contributed by atoms with Gasteiger partial charge in [-0.05, 0) is 24.1 Å². The lowest BCUT2D eigenvalue weighted by Crippen LogP contribution is -2.32. The molecule has 0 radical (unpaired) electrons. The maximum Gasteiger partial charge on any atom is 0.314 e. The maximum absolute atomic E-state index is 13.1. The van der Waals surface area contributed by atoms with E-state index in [1.807, 2.05) is 0 Å². The molecule has 0 saturated heterocycles. The molecule has 1 rings (SSSR count). The lowest BCUT2D eigenvalue weighted by atomic mass is 10.1. The summed E-state index contributed by atoms with van der Waals surface area (Å²) >= 11 is 0. The van der Waals surface area contributed by atoms with E-state index >= 15 is 0 Å². The van der Waals surface area contributed by atoms with Crippen LogP contribution in [0.25, 0.3) is 0 Å². The fourth-order valence-corrected chi connectivity index (χ4v) is 1.02. The molecule has 0 aliphatic carbocycles. The molecule has 0 aliphatic rings. The quantitative estimate of drug-likeness (QED) is 0.740. The molecule has 0 aliphatic heterocycles. The summed E-state index contributed by atoms with van der Waals surface area (Å²) in [6.07, 6.45) is 0. The van der Waals surface area contributed by atoms with Gasteiger partial charge in [0.2, 0.25) is 0 Å². The standard InChI is InChI=1S/C10H13FN2O/c1-7-3-4-8(5-9(7)11)6-13-10(14)12-2/h3-5H,6H2,1-2H3,(H2,12,13,14). The normalized spacial score (nSPS) is 9.64. The number of hydrogen-bond donors (Lipinski definition) is 2. The Labute approximate surface area is 82.3 Å². The van der Waals surface area contributed by atoms with E-state index in [2.05, 4.69) is 10.6 Å². The minimum Gasteiger partial charge on any atom is -0.341 e. The number of urea groups is 1. The Morgan fingerprint density at radius 2 is 2.21 bits per heavy atom. The molecule has 0 spiro atoms. The summed E-state index contributed by atoms with van der Waals surface area (Å²) in [7, 11) is 1.53. The Bertz CT molecular complexity index is 339. The van der Waals surface area contributed by atoms with Gasteiger partial charge in [-0.1, -0.05) is 12.1 Å². The molecule has 1 aromatic rings. The molecule has 3 nitrogen and oxygen atoms in total. The predicted octanol–water partition coefficient (Wildman–Crippen LogP) is 1.56. The first kappa shape index (κ1) is 10.5. The van der Waals surface area contributed by atoms with Crippen LogP contribution in [0.3, 0.4) is 0 Å². The number of benzene rings is 1. The molecule has 0 bridgehead atoms. The molecule has 1 aromatic carbocycles. The van der Waals surface area contributed by atoms with Crippen LogP contribution in [-0.2, 0) is 6.54 Å². The Morgan fingerprint density at radius 1 is 1.50 bits per heavy atom. The molecule has 0 unspecified atom stereocenters. The van der Waals surface area contributed by atoms with Crippen molar-refractivity contribution in [2.45, 2.75) is 13.5 Å². The van der Waals surface area contributed by atoms with Crippen LogP contribution in [0.5, 0.6) is 0 Å². The van der Waals surface area contributed by atoms with E-state index in [9.17, 15) is 9.18 Å². The molecule has 0 atom stereocenters. The van der Waals surface area contributed by atoms with Crippen molar-refractivity contribution in [2.24, 2.45) is 0 Å². The van der Waals surface area contributed by atoms with Crippen molar-refractivity contribution in [3.63, 3.8) is 0 Å². The number of aryl methyl sites for hydroxylation is 1. The third kappa shape index (κ3) is 2.73. The predicted molar refractivity (Wildman–Crippen MR) is 52.4 cm³/mol. The average molecular weight is 196 g/mol. The second-order valence-corrected chi connectivity index (χ2v) is 3.02. The van der Waals surface area contributed by atoms with Crippen molar-refractivity contribution in [3.05, 3.63) is 35.1 Å². The summed E-state index contributed by atoms with van der Waals surface area (Å²) in [4.78, 5) is 10.8.